The van der Waals surface area contributed by atoms with Gasteiger partial charge in [-0.15, -0.1) is 0 Å². The smallest absolute Gasteiger partial charge is 0.223 e. The summed E-state index contributed by atoms with van der Waals surface area (Å²) in [6, 6.07) is 1.38. The van der Waals surface area contributed by atoms with Crippen molar-refractivity contribution in [1.29, 1.82) is 0 Å². The molecule has 2 aliphatic heterocycles. The van der Waals surface area contributed by atoms with E-state index in [9.17, 15) is 13.2 Å². The minimum absolute atomic E-state index is 0.00331. The quantitative estimate of drug-likeness (QED) is 0.793. The number of piperidine rings is 1. The van der Waals surface area contributed by atoms with Crippen molar-refractivity contribution in [3.63, 3.8) is 0 Å². The highest BCUT2D eigenvalue weighted by molar-refractivity contribution is 7.90. The fourth-order valence-electron chi connectivity index (χ4n) is 3.45. The first-order valence-electron chi connectivity index (χ1n) is 7.62. The maximum Gasteiger partial charge on any atom is 0.223 e. The lowest BCUT2D eigenvalue weighted by atomic mass is 9.97. The van der Waals surface area contributed by atoms with Crippen molar-refractivity contribution in [2.45, 2.75) is 63.6 Å². The molecule has 0 radical (unpaired) electrons. The van der Waals surface area contributed by atoms with Crippen LogP contribution in [0.2, 0.25) is 0 Å². The molecule has 0 aliphatic carbocycles. The van der Waals surface area contributed by atoms with Crippen molar-refractivity contribution in [1.82, 2.24) is 10.2 Å². The summed E-state index contributed by atoms with van der Waals surface area (Å²) in [5.41, 5.74) is 0. The Bertz CT molecular complexity index is 437. The molecule has 2 saturated heterocycles. The third kappa shape index (κ3) is 4.19. The highest BCUT2D eigenvalue weighted by atomic mass is 32.2. The Morgan fingerprint density at radius 2 is 1.85 bits per heavy atom. The fraction of sp³-hybridized carbons (Fsp3) is 0.929. The molecular formula is C14H26N2O3S. The molecule has 2 atom stereocenters. The van der Waals surface area contributed by atoms with Crippen LogP contribution in [0.25, 0.3) is 0 Å². The predicted molar refractivity (Wildman–Crippen MR) is 79.3 cm³/mol. The van der Waals surface area contributed by atoms with Crippen molar-refractivity contribution < 1.29 is 13.2 Å². The summed E-state index contributed by atoms with van der Waals surface area (Å²) in [4.78, 5) is 14.3. The summed E-state index contributed by atoms with van der Waals surface area (Å²) in [5, 5.41) is 3.58. The van der Waals surface area contributed by atoms with Crippen molar-refractivity contribution in [3.05, 3.63) is 0 Å². The minimum atomic E-state index is -3.07. The lowest BCUT2D eigenvalue weighted by Gasteiger charge is -2.38. The van der Waals surface area contributed by atoms with E-state index in [1.807, 2.05) is 4.90 Å². The average molecular weight is 302 g/mol. The van der Waals surface area contributed by atoms with Gasteiger partial charge in [-0.25, -0.2) is 8.42 Å². The molecule has 116 valence electrons. The van der Waals surface area contributed by atoms with Crippen molar-refractivity contribution in [3.8, 4) is 0 Å². The summed E-state index contributed by atoms with van der Waals surface area (Å²) in [7, 11) is -3.07. The Balaban J connectivity index is 1.97. The molecule has 2 unspecified atom stereocenters. The molecule has 2 fully saturated rings. The molecule has 1 N–H and O–H groups in total. The van der Waals surface area contributed by atoms with Crippen molar-refractivity contribution in [2.24, 2.45) is 0 Å². The van der Waals surface area contributed by atoms with Crippen LogP contribution in [0.3, 0.4) is 0 Å². The van der Waals surface area contributed by atoms with Crippen LogP contribution < -0.4 is 5.32 Å². The maximum absolute atomic E-state index is 12.4. The number of sulfone groups is 1. The van der Waals surface area contributed by atoms with Crippen LogP contribution in [0.1, 0.15) is 45.4 Å². The van der Waals surface area contributed by atoms with Crippen LogP contribution in [0.15, 0.2) is 0 Å². The summed E-state index contributed by atoms with van der Waals surface area (Å²) < 4.78 is 22.5. The normalized spacial score (nSPS) is 29.4. The molecule has 0 aromatic carbocycles. The SMILES string of the molecule is CCCN(C(=O)CCS(C)(=O)=O)C1CC2CCC(C1)N2. The van der Waals surface area contributed by atoms with Crippen LogP contribution in [0.5, 0.6) is 0 Å². The molecular weight excluding hydrogens is 276 g/mol. The molecule has 2 heterocycles. The summed E-state index contributed by atoms with van der Waals surface area (Å²) in [6.45, 7) is 2.80. The highest BCUT2D eigenvalue weighted by Crippen LogP contribution is 2.30. The first-order valence-corrected chi connectivity index (χ1v) is 9.68. The van der Waals surface area contributed by atoms with Crippen molar-refractivity contribution in [2.75, 3.05) is 18.6 Å². The summed E-state index contributed by atoms with van der Waals surface area (Å²) in [5.74, 6) is -0.0345. The zero-order valence-corrected chi connectivity index (χ0v) is 13.3. The van der Waals surface area contributed by atoms with Gasteiger partial charge in [-0.2, -0.15) is 0 Å². The number of nitrogens with one attached hydrogen (secondary N) is 1. The number of amides is 1. The van der Waals surface area contributed by atoms with Gasteiger partial charge in [0.25, 0.3) is 0 Å². The lowest BCUT2D eigenvalue weighted by Crippen LogP contribution is -2.50. The molecule has 0 aromatic rings. The number of hydrogen-bond donors (Lipinski definition) is 1. The van der Waals surface area contributed by atoms with E-state index in [1.54, 1.807) is 0 Å². The van der Waals surface area contributed by atoms with Gasteiger partial charge in [0.2, 0.25) is 5.91 Å². The molecule has 2 bridgehead atoms. The third-order valence-electron chi connectivity index (χ3n) is 4.36. The Morgan fingerprint density at radius 3 is 2.35 bits per heavy atom. The second-order valence-electron chi connectivity index (χ2n) is 6.23. The Labute approximate surface area is 122 Å². The van der Waals surface area contributed by atoms with Crippen molar-refractivity contribution >= 4 is 15.7 Å². The molecule has 6 heteroatoms. The molecule has 0 saturated carbocycles. The molecule has 20 heavy (non-hydrogen) atoms. The lowest BCUT2D eigenvalue weighted by molar-refractivity contribution is -0.134. The van der Waals surface area contributed by atoms with Gasteiger partial charge < -0.3 is 10.2 Å². The van der Waals surface area contributed by atoms with E-state index < -0.39 is 9.84 Å². The van der Waals surface area contributed by atoms with Gasteiger partial charge in [0.1, 0.15) is 9.84 Å². The van der Waals surface area contributed by atoms with E-state index in [1.165, 1.54) is 19.1 Å². The predicted octanol–water partition coefficient (Wildman–Crippen LogP) is 0.943. The van der Waals surface area contributed by atoms with E-state index in [2.05, 4.69) is 12.2 Å². The zero-order valence-electron chi connectivity index (χ0n) is 12.5. The standard InChI is InChI=1S/C14H26N2O3S/c1-3-7-16(14(17)6-8-20(2,18)19)13-9-11-4-5-12(10-13)15-11/h11-13,15H,3-10H2,1-2H3. The number of rotatable bonds is 6. The molecule has 5 nitrogen and oxygen atoms in total. The van der Waals surface area contributed by atoms with E-state index >= 15 is 0 Å². The molecule has 2 rings (SSSR count). The van der Waals surface area contributed by atoms with Gasteiger partial charge in [-0.05, 0) is 32.1 Å². The molecule has 1 amide bonds. The van der Waals surface area contributed by atoms with Gasteiger partial charge >= 0.3 is 0 Å². The van der Waals surface area contributed by atoms with Crippen LogP contribution >= 0.6 is 0 Å². The van der Waals surface area contributed by atoms with E-state index in [4.69, 9.17) is 0 Å². The molecule has 0 aromatic heterocycles. The number of fused-ring (bicyclic) bond motifs is 2. The van der Waals surface area contributed by atoms with Gasteiger partial charge in [0, 0.05) is 37.3 Å². The third-order valence-corrected chi connectivity index (χ3v) is 5.31. The molecule has 0 spiro atoms. The van der Waals surface area contributed by atoms with E-state index in [-0.39, 0.29) is 18.1 Å². The number of carbonyl (C=O) groups excluding carboxylic acids is 1. The number of carbonyl (C=O) groups is 1. The fourth-order valence-corrected chi connectivity index (χ4v) is 4.00. The van der Waals surface area contributed by atoms with Crippen LogP contribution in [-0.4, -0.2) is 55.9 Å². The van der Waals surface area contributed by atoms with E-state index in [0.29, 0.717) is 18.1 Å². The second-order valence-corrected chi connectivity index (χ2v) is 8.49. The number of hydrogen-bond acceptors (Lipinski definition) is 4. The van der Waals surface area contributed by atoms with Gasteiger partial charge in [0.05, 0.1) is 5.75 Å². The Morgan fingerprint density at radius 1 is 1.25 bits per heavy atom. The topological polar surface area (TPSA) is 66.5 Å². The van der Waals surface area contributed by atoms with Crippen LogP contribution in [0.4, 0.5) is 0 Å². The highest BCUT2D eigenvalue weighted by Gasteiger charge is 2.37. The summed E-state index contributed by atoms with van der Waals surface area (Å²) in [6.07, 6.45) is 6.68. The summed E-state index contributed by atoms with van der Waals surface area (Å²) >= 11 is 0. The van der Waals surface area contributed by atoms with Gasteiger partial charge in [-0.3, -0.25) is 4.79 Å². The average Bonchev–Trinajstić information content (AvgIpc) is 2.71. The molecule has 2 aliphatic rings. The zero-order chi connectivity index (χ0) is 14.8. The van der Waals surface area contributed by atoms with Crippen LogP contribution in [0, 0.1) is 0 Å². The Hall–Kier alpha value is -0.620. The van der Waals surface area contributed by atoms with Gasteiger partial charge in [0.15, 0.2) is 0 Å². The minimum Gasteiger partial charge on any atom is -0.340 e. The number of nitrogens with zero attached hydrogens (tertiary/aromatic N) is 1. The second kappa shape index (κ2) is 6.43. The monoisotopic (exact) mass is 302 g/mol. The Kier molecular flexibility index (Phi) is 5.07. The maximum atomic E-state index is 12.4. The van der Waals surface area contributed by atoms with Crippen LogP contribution in [-0.2, 0) is 14.6 Å². The largest absolute Gasteiger partial charge is 0.340 e. The van der Waals surface area contributed by atoms with E-state index in [0.717, 1.165) is 25.8 Å². The first kappa shape index (κ1) is 15.8. The first-order chi connectivity index (χ1) is 9.39. The van der Waals surface area contributed by atoms with Gasteiger partial charge in [-0.1, -0.05) is 6.92 Å².